The van der Waals surface area contributed by atoms with Crippen LogP contribution in [0.25, 0.3) is 0 Å². The molecule has 2 N–H and O–H groups in total. The van der Waals surface area contributed by atoms with Crippen molar-refractivity contribution >= 4 is 11.6 Å². The molecule has 0 saturated carbocycles. The minimum Gasteiger partial charge on any atom is -0.494 e. The van der Waals surface area contributed by atoms with E-state index in [0.29, 0.717) is 17.9 Å². The molecule has 1 unspecified atom stereocenters. The van der Waals surface area contributed by atoms with E-state index in [4.69, 9.17) is 4.74 Å². The first-order valence-electron chi connectivity index (χ1n) is 5.93. The third kappa shape index (κ3) is 4.33. The summed E-state index contributed by atoms with van der Waals surface area (Å²) in [5, 5.41) is 5.86. The van der Waals surface area contributed by atoms with Crippen LogP contribution in [-0.2, 0) is 4.79 Å². The van der Waals surface area contributed by atoms with Crippen molar-refractivity contribution in [1.82, 2.24) is 5.32 Å². The Labute approximate surface area is 107 Å². The number of rotatable bonds is 6. The molecule has 0 aliphatic heterocycles. The Morgan fingerprint density at radius 1 is 1.50 bits per heavy atom. The van der Waals surface area contributed by atoms with E-state index in [-0.39, 0.29) is 11.9 Å². The Morgan fingerprint density at radius 3 is 2.83 bits per heavy atom. The topological polar surface area (TPSA) is 50.4 Å². The number of benzene rings is 1. The van der Waals surface area contributed by atoms with Gasteiger partial charge < -0.3 is 15.4 Å². The molecule has 5 heteroatoms. The van der Waals surface area contributed by atoms with Crippen LogP contribution in [0.2, 0.25) is 0 Å². The van der Waals surface area contributed by atoms with Crippen molar-refractivity contribution in [3.8, 4) is 5.75 Å². The number of anilines is 1. The van der Waals surface area contributed by atoms with E-state index in [9.17, 15) is 9.18 Å². The summed E-state index contributed by atoms with van der Waals surface area (Å²) < 4.78 is 18.0. The Kier molecular flexibility index (Phi) is 5.58. The summed E-state index contributed by atoms with van der Waals surface area (Å²) in [6.45, 7) is 4.73. The maximum absolute atomic E-state index is 13.0. The summed E-state index contributed by atoms with van der Waals surface area (Å²) in [4.78, 5) is 11.8. The molecule has 0 bridgehead atoms. The van der Waals surface area contributed by atoms with E-state index < -0.39 is 5.82 Å². The highest BCUT2D eigenvalue weighted by Crippen LogP contribution is 2.25. The second kappa shape index (κ2) is 6.96. The van der Waals surface area contributed by atoms with Crippen molar-refractivity contribution in [1.29, 1.82) is 0 Å². The summed E-state index contributed by atoms with van der Waals surface area (Å²) in [6, 6.07) is 4.11. The molecule has 18 heavy (non-hydrogen) atoms. The Hall–Kier alpha value is -1.62. The second-order valence-corrected chi connectivity index (χ2v) is 4.06. The van der Waals surface area contributed by atoms with Gasteiger partial charge in [-0.05, 0) is 25.6 Å². The zero-order valence-corrected chi connectivity index (χ0v) is 10.9. The lowest BCUT2D eigenvalue weighted by atomic mass is 10.2. The van der Waals surface area contributed by atoms with Crippen molar-refractivity contribution in [2.24, 2.45) is 0 Å². The highest BCUT2D eigenvalue weighted by atomic mass is 19.1. The van der Waals surface area contributed by atoms with Crippen molar-refractivity contribution in [3.63, 3.8) is 0 Å². The molecule has 0 aliphatic rings. The molecular weight excluding hydrogens is 235 g/mol. The van der Waals surface area contributed by atoms with Gasteiger partial charge in [-0.3, -0.25) is 4.79 Å². The number of ether oxygens (including phenoxy) is 1. The van der Waals surface area contributed by atoms with Crippen LogP contribution in [0.3, 0.4) is 0 Å². The van der Waals surface area contributed by atoms with Crippen LogP contribution < -0.4 is 15.4 Å². The molecule has 100 valence electrons. The first-order chi connectivity index (χ1) is 8.56. The number of nitrogens with one attached hydrogen (secondary N) is 2. The third-order valence-corrected chi connectivity index (χ3v) is 2.48. The maximum atomic E-state index is 13.0. The van der Waals surface area contributed by atoms with Crippen molar-refractivity contribution in [3.05, 3.63) is 24.0 Å². The van der Waals surface area contributed by atoms with Gasteiger partial charge in [-0.15, -0.1) is 0 Å². The molecule has 1 atom stereocenters. The molecular formula is C13H19FN2O2. The van der Waals surface area contributed by atoms with Crippen LogP contribution in [0.1, 0.15) is 20.3 Å². The van der Waals surface area contributed by atoms with Crippen LogP contribution in [0.5, 0.6) is 5.75 Å². The van der Waals surface area contributed by atoms with E-state index in [0.717, 1.165) is 6.54 Å². The lowest BCUT2D eigenvalue weighted by Gasteiger charge is -2.13. The standard InChI is InChI=1S/C13H19FN2O2/c1-4-15-9(2)7-13(17)16-11-6-5-10(14)8-12(11)18-3/h5-6,8-9,15H,4,7H2,1-3H3,(H,16,17). The zero-order chi connectivity index (χ0) is 13.5. The Balaban J connectivity index is 2.64. The SMILES string of the molecule is CCNC(C)CC(=O)Nc1ccc(F)cc1OC. The van der Waals surface area contributed by atoms with Gasteiger partial charge in [-0.2, -0.15) is 0 Å². The van der Waals surface area contributed by atoms with E-state index >= 15 is 0 Å². The van der Waals surface area contributed by atoms with Crippen molar-refractivity contribution in [2.75, 3.05) is 19.0 Å². The number of halogens is 1. The van der Waals surface area contributed by atoms with E-state index in [1.54, 1.807) is 0 Å². The molecule has 1 amide bonds. The van der Waals surface area contributed by atoms with E-state index in [1.807, 2.05) is 13.8 Å². The largest absolute Gasteiger partial charge is 0.494 e. The molecule has 4 nitrogen and oxygen atoms in total. The number of methoxy groups -OCH3 is 1. The van der Waals surface area contributed by atoms with Crippen molar-refractivity contribution in [2.45, 2.75) is 26.3 Å². The fraction of sp³-hybridized carbons (Fsp3) is 0.462. The quantitative estimate of drug-likeness (QED) is 0.818. The van der Waals surface area contributed by atoms with Crippen LogP contribution in [0.15, 0.2) is 18.2 Å². The molecule has 0 fully saturated rings. The molecule has 0 radical (unpaired) electrons. The zero-order valence-electron chi connectivity index (χ0n) is 10.9. The van der Waals surface area contributed by atoms with Gasteiger partial charge >= 0.3 is 0 Å². The molecule has 1 aromatic rings. The summed E-state index contributed by atoms with van der Waals surface area (Å²) in [6.07, 6.45) is 0.356. The number of carbonyl (C=O) groups is 1. The fourth-order valence-corrected chi connectivity index (χ4v) is 1.67. The summed E-state index contributed by atoms with van der Waals surface area (Å²) in [7, 11) is 1.44. The summed E-state index contributed by atoms with van der Waals surface area (Å²) in [5.41, 5.74) is 0.479. The van der Waals surface area contributed by atoms with Gasteiger partial charge in [0.25, 0.3) is 0 Å². The number of carbonyl (C=O) groups excluding carboxylic acids is 1. The fourth-order valence-electron chi connectivity index (χ4n) is 1.67. The molecule has 0 aliphatic carbocycles. The molecule has 0 spiro atoms. The summed E-state index contributed by atoms with van der Waals surface area (Å²) >= 11 is 0. The Morgan fingerprint density at radius 2 is 2.22 bits per heavy atom. The third-order valence-electron chi connectivity index (χ3n) is 2.48. The molecule has 1 aromatic carbocycles. The molecule has 0 aromatic heterocycles. The predicted octanol–water partition coefficient (Wildman–Crippen LogP) is 2.16. The molecule has 0 heterocycles. The van der Waals surface area contributed by atoms with Crippen LogP contribution >= 0.6 is 0 Å². The van der Waals surface area contributed by atoms with Crippen LogP contribution in [0.4, 0.5) is 10.1 Å². The Bertz CT molecular complexity index is 410. The predicted molar refractivity (Wildman–Crippen MR) is 69.3 cm³/mol. The lowest BCUT2D eigenvalue weighted by molar-refractivity contribution is -0.116. The van der Waals surface area contributed by atoms with E-state index in [1.165, 1.54) is 25.3 Å². The number of hydrogen-bond donors (Lipinski definition) is 2. The highest BCUT2D eigenvalue weighted by Gasteiger charge is 2.11. The first kappa shape index (κ1) is 14.4. The minimum absolute atomic E-state index is 0.0986. The normalized spacial score (nSPS) is 12.0. The smallest absolute Gasteiger partial charge is 0.226 e. The average molecular weight is 254 g/mol. The van der Waals surface area contributed by atoms with Crippen LogP contribution in [-0.4, -0.2) is 25.6 Å². The number of amides is 1. The van der Waals surface area contributed by atoms with Gasteiger partial charge in [-0.25, -0.2) is 4.39 Å². The van der Waals surface area contributed by atoms with Gasteiger partial charge in [0.2, 0.25) is 5.91 Å². The maximum Gasteiger partial charge on any atom is 0.226 e. The van der Waals surface area contributed by atoms with Crippen molar-refractivity contribution < 1.29 is 13.9 Å². The second-order valence-electron chi connectivity index (χ2n) is 4.06. The number of hydrogen-bond acceptors (Lipinski definition) is 3. The van der Waals surface area contributed by atoms with Gasteiger partial charge in [0, 0.05) is 18.5 Å². The van der Waals surface area contributed by atoms with Gasteiger partial charge in [0.15, 0.2) is 0 Å². The lowest BCUT2D eigenvalue weighted by Crippen LogP contribution is -2.30. The van der Waals surface area contributed by atoms with E-state index in [2.05, 4.69) is 10.6 Å². The molecule has 1 rings (SSSR count). The first-order valence-corrected chi connectivity index (χ1v) is 5.93. The minimum atomic E-state index is -0.397. The van der Waals surface area contributed by atoms with Gasteiger partial charge in [-0.1, -0.05) is 6.92 Å². The highest BCUT2D eigenvalue weighted by molar-refractivity contribution is 5.92. The van der Waals surface area contributed by atoms with Gasteiger partial charge in [0.1, 0.15) is 11.6 Å². The monoisotopic (exact) mass is 254 g/mol. The van der Waals surface area contributed by atoms with Gasteiger partial charge in [0.05, 0.1) is 12.8 Å². The van der Waals surface area contributed by atoms with Crippen LogP contribution in [0, 0.1) is 5.82 Å². The molecule has 0 saturated heterocycles. The average Bonchev–Trinajstić information content (AvgIpc) is 2.31. The summed E-state index contributed by atoms with van der Waals surface area (Å²) in [5.74, 6) is -0.210.